The highest BCUT2D eigenvalue weighted by atomic mass is 16.1. The average molecular weight is 270 g/mol. The van der Waals surface area contributed by atoms with Gasteiger partial charge in [-0.1, -0.05) is 59.3 Å². The molecule has 0 aliphatic rings. The Labute approximate surface area is 119 Å². The summed E-state index contributed by atoms with van der Waals surface area (Å²) in [5.41, 5.74) is 5.67. The highest BCUT2D eigenvalue weighted by molar-refractivity contribution is 5.75. The summed E-state index contributed by atoms with van der Waals surface area (Å²) < 4.78 is 0. The molecule has 0 aromatic heterocycles. The second kappa shape index (κ2) is 11.3. The molecule has 0 saturated carbocycles. The predicted molar refractivity (Wildman–Crippen MR) is 83.1 cm³/mol. The molecule has 3 N–H and O–H groups in total. The minimum absolute atomic E-state index is 0.116. The topological polar surface area (TPSA) is 55.1 Å². The van der Waals surface area contributed by atoms with Gasteiger partial charge in [-0.2, -0.15) is 0 Å². The minimum atomic E-state index is 0.116. The molecule has 0 radical (unpaired) electrons. The van der Waals surface area contributed by atoms with Crippen LogP contribution in [0.1, 0.15) is 78.6 Å². The standard InChI is InChI=1S/C16H34N2O/c1-4-5-6-7-8-9-10-11-15(19)18-14-16(2,3)12-13-17/h4-14,17H2,1-3H3,(H,18,19). The Bertz CT molecular complexity index is 227. The number of nitrogens with two attached hydrogens (primary N) is 1. The van der Waals surface area contributed by atoms with Crippen LogP contribution in [-0.2, 0) is 4.79 Å². The van der Waals surface area contributed by atoms with Crippen molar-refractivity contribution in [3.63, 3.8) is 0 Å². The van der Waals surface area contributed by atoms with Crippen LogP contribution in [-0.4, -0.2) is 19.0 Å². The Kier molecular flexibility index (Phi) is 10.9. The molecule has 0 aromatic carbocycles. The molecule has 0 aliphatic heterocycles. The third-order valence-electron chi connectivity index (χ3n) is 3.59. The molecule has 0 aromatic rings. The van der Waals surface area contributed by atoms with Gasteiger partial charge in [-0.3, -0.25) is 4.79 Å². The van der Waals surface area contributed by atoms with Crippen LogP contribution in [0.25, 0.3) is 0 Å². The van der Waals surface area contributed by atoms with Crippen LogP contribution in [0.2, 0.25) is 0 Å². The smallest absolute Gasteiger partial charge is 0.220 e. The monoisotopic (exact) mass is 270 g/mol. The fraction of sp³-hybridized carbons (Fsp3) is 0.938. The lowest BCUT2D eigenvalue weighted by atomic mass is 9.89. The first-order valence-corrected chi connectivity index (χ1v) is 7.98. The number of hydrogen-bond acceptors (Lipinski definition) is 2. The molecule has 0 rings (SSSR count). The van der Waals surface area contributed by atoms with E-state index in [9.17, 15) is 4.79 Å². The van der Waals surface area contributed by atoms with Crippen LogP contribution in [0.3, 0.4) is 0 Å². The van der Waals surface area contributed by atoms with E-state index in [2.05, 4.69) is 26.1 Å². The SMILES string of the molecule is CCCCCCCCCC(=O)NCC(C)(C)CCN. The Morgan fingerprint density at radius 3 is 2.21 bits per heavy atom. The second-order valence-corrected chi connectivity index (χ2v) is 6.35. The number of amides is 1. The molecule has 0 spiro atoms. The van der Waals surface area contributed by atoms with Crippen molar-refractivity contribution in [2.75, 3.05) is 13.1 Å². The third kappa shape index (κ3) is 12.2. The predicted octanol–water partition coefficient (Wildman–Crippen LogP) is 3.62. The summed E-state index contributed by atoms with van der Waals surface area (Å²) in [6, 6.07) is 0. The van der Waals surface area contributed by atoms with E-state index in [4.69, 9.17) is 5.73 Å². The largest absolute Gasteiger partial charge is 0.356 e. The van der Waals surface area contributed by atoms with Crippen LogP contribution in [0.5, 0.6) is 0 Å². The highest BCUT2D eigenvalue weighted by Gasteiger charge is 2.17. The molecule has 0 unspecified atom stereocenters. The summed E-state index contributed by atoms with van der Waals surface area (Å²) in [5.74, 6) is 0.193. The van der Waals surface area contributed by atoms with Gasteiger partial charge in [-0.15, -0.1) is 0 Å². The summed E-state index contributed by atoms with van der Waals surface area (Å²) in [4.78, 5) is 11.7. The van der Waals surface area contributed by atoms with Crippen molar-refractivity contribution in [2.24, 2.45) is 11.1 Å². The van der Waals surface area contributed by atoms with Gasteiger partial charge in [0.15, 0.2) is 0 Å². The van der Waals surface area contributed by atoms with Gasteiger partial charge in [0.1, 0.15) is 0 Å². The summed E-state index contributed by atoms with van der Waals surface area (Å²) in [7, 11) is 0. The van der Waals surface area contributed by atoms with Crippen molar-refractivity contribution in [3.8, 4) is 0 Å². The first-order valence-electron chi connectivity index (χ1n) is 7.98. The zero-order valence-electron chi connectivity index (χ0n) is 13.3. The maximum absolute atomic E-state index is 11.7. The lowest BCUT2D eigenvalue weighted by molar-refractivity contribution is -0.121. The Morgan fingerprint density at radius 2 is 1.63 bits per heavy atom. The lowest BCUT2D eigenvalue weighted by Crippen LogP contribution is -2.35. The Hall–Kier alpha value is -0.570. The van der Waals surface area contributed by atoms with Gasteiger partial charge in [0, 0.05) is 13.0 Å². The first-order chi connectivity index (χ1) is 9.02. The van der Waals surface area contributed by atoms with Gasteiger partial charge in [0.2, 0.25) is 5.91 Å². The molecular weight excluding hydrogens is 236 g/mol. The number of carbonyl (C=O) groups excluding carboxylic acids is 1. The zero-order valence-corrected chi connectivity index (χ0v) is 13.3. The first kappa shape index (κ1) is 18.4. The van der Waals surface area contributed by atoms with Crippen molar-refractivity contribution in [2.45, 2.75) is 78.6 Å². The molecule has 114 valence electrons. The number of nitrogens with one attached hydrogen (secondary N) is 1. The number of carbonyl (C=O) groups is 1. The third-order valence-corrected chi connectivity index (χ3v) is 3.59. The van der Waals surface area contributed by atoms with Gasteiger partial charge in [0.05, 0.1) is 0 Å². The summed E-state index contributed by atoms with van der Waals surface area (Å²) in [5, 5.41) is 3.02. The lowest BCUT2D eigenvalue weighted by Gasteiger charge is -2.24. The van der Waals surface area contributed by atoms with Crippen LogP contribution in [0.15, 0.2) is 0 Å². The molecule has 0 bridgehead atoms. The summed E-state index contributed by atoms with van der Waals surface area (Å²) in [6.45, 7) is 7.94. The van der Waals surface area contributed by atoms with Crippen molar-refractivity contribution in [1.29, 1.82) is 0 Å². The average Bonchev–Trinajstić information content (AvgIpc) is 2.35. The maximum atomic E-state index is 11.7. The number of unbranched alkanes of at least 4 members (excludes halogenated alkanes) is 6. The van der Waals surface area contributed by atoms with E-state index in [0.717, 1.165) is 19.4 Å². The molecule has 19 heavy (non-hydrogen) atoms. The van der Waals surface area contributed by atoms with E-state index in [0.29, 0.717) is 13.0 Å². The fourth-order valence-corrected chi connectivity index (χ4v) is 2.15. The van der Waals surface area contributed by atoms with E-state index in [-0.39, 0.29) is 11.3 Å². The van der Waals surface area contributed by atoms with Crippen molar-refractivity contribution in [3.05, 3.63) is 0 Å². The normalized spacial score (nSPS) is 11.6. The van der Waals surface area contributed by atoms with Gasteiger partial charge < -0.3 is 11.1 Å². The molecule has 0 fully saturated rings. The molecule has 0 saturated heterocycles. The molecule has 0 atom stereocenters. The van der Waals surface area contributed by atoms with E-state index >= 15 is 0 Å². The van der Waals surface area contributed by atoms with E-state index < -0.39 is 0 Å². The van der Waals surface area contributed by atoms with E-state index in [1.54, 1.807) is 0 Å². The molecule has 0 aliphatic carbocycles. The minimum Gasteiger partial charge on any atom is -0.356 e. The van der Waals surface area contributed by atoms with Crippen LogP contribution in [0.4, 0.5) is 0 Å². The van der Waals surface area contributed by atoms with Crippen molar-refractivity contribution in [1.82, 2.24) is 5.32 Å². The second-order valence-electron chi connectivity index (χ2n) is 6.35. The fourth-order valence-electron chi connectivity index (χ4n) is 2.15. The van der Waals surface area contributed by atoms with Gasteiger partial charge in [-0.05, 0) is 24.8 Å². The van der Waals surface area contributed by atoms with E-state index in [1.165, 1.54) is 38.5 Å². The maximum Gasteiger partial charge on any atom is 0.220 e. The van der Waals surface area contributed by atoms with Crippen molar-refractivity contribution < 1.29 is 4.79 Å². The summed E-state index contributed by atoms with van der Waals surface area (Å²) >= 11 is 0. The Morgan fingerprint density at radius 1 is 1.05 bits per heavy atom. The van der Waals surface area contributed by atoms with Gasteiger partial charge in [-0.25, -0.2) is 0 Å². The van der Waals surface area contributed by atoms with Crippen LogP contribution in [0, 0.1) is 5.41 Å². The molecule has 0 heterocycles. The molecule has 1 amide bonds. The quantitative estimate of drug-likeness (QED) is 0.532. The highest BCUT2D eigenvalue weighted by Crippen LogP contribution is 2.17. The zero-order chi connectivity index (χ0) is 14.6. The molecule has 3 heteroatoms. The van der Waals surface area contributed by atoms with Crippen LogP contribution >= 0.6 is 0 Å². The Balaban J connectivity index is 3.44. The van der Waals surface area contributed by atoms with Crippen molar-refractivity contribution >= 4 is 5.91 Å². The number of rotatable bonds is 12. The number of hydrogen-bond donors (Lipinski definition) is 2. The van der Waals surface area contributed by atoms with Gasteiger partial charge >= 0.3 is 0 Å². The summed E-state index contributed by atoms with van der Waals surface area (Å²) in [6.07, 6.45) is 10.4. The van der Waals surface area contributed by atoms with Gasteiger partial charge in [0.25, 0.3) is 0 Å². The molecule has 3 nitrogen and oxygen atoms in total. The van der Waals surface area contributed by atoms with E-state index in [1.807, 2.05) is 0 Å². The van der Waals surface area contributed by atoms with Crippen LogP contribution < -0.4 is 11.1 Å². The molecular formula is C16H34N2O.